The Bertz CT molecular complexity index is 1950. The molecule has 4 aromatic rings. The molecule has 2 aliphatic rings. The van der Waals surface area contributed by atoms with Crippen LogP contribution >= 0.6 is 0 Å². The summed E-state index contributed by atoms with van der Waals surface area (Å²) in [5.41, 5.74) is 6.30. The van der Waals surface area contributed by atoms with Gasteiger partial charge in [-0.05, 0) is 73.1 Å². The summed E-state index contributed by atoms with van der Waals surface area (Å²) < 4.78 is 17.4. The number of anilines is 3. The van der Waals surface area contributed by atoms with Crippen LogP contribution in [0, 0.1) is 0 Å². The number of carbonyl (C=O) groups is 2. The van der Waals surface area contributed by atoms with E-state index in [1.807, 2.05) is 35.1 Å². The molecule has 260 valence electrons. The van der Waals surface area contributed by atoms with E-state index < -0.39 is 14.3 Å². The number of esters is 1. The molecule has 1 aliphatic heterocycles. The van der Waals surface area contributed by atoms with Gasteiger partial charge in [-0.25, -0.2) is 0 Å². The predicted octanol–water partition coefficient (Wildman–Crippen LogP) is 6.42. The molecule has 49 heavy (non-hydrogen) atoms. The van der Waals surface area contributed by atoms with Gasteiger partial charge in [0.2, 0.25) is 0 Å². The largest absolute Gasteiger partial charge is 0.461 e. The van der Waals surface area contributed by atoms with Crippen molar-refractivity contribution in [3.8, 4) is 11.1 Å². The molecule has 0 saturated carbocycles. The van der Waals surface area contributed by atoms with Crippen LogP contribution in [0.25, 0.3) is 11.1 Å². The maximum atomic E-state index is 14.0. The Morgan fingerprint density at radius 2 is 1.84 bits per heavy atom. The Kier molecular flexibility index (Phi) is 9.47. The summed E-state index contributed by atoms with van der Waals surface area (Å²) in [5, 5.41) is 7.98. The molecule has 1 aliphatic carbocycles. The molecule has 6 rings (SSSR count). The van der Waals surface area contributed by atoms with Crippen molar-refractivity contribution in [2.45, 2.75) is 91.2 Å². The van der Waals surface area contributed by atoms with E-state index in [-0.39, 0.29) is 23.1 Å². The van der Waals surface area contributed by atoms with Crippen LogP contribution in [0.4, 0.5) is 17.2 Å². The number of aryl methyl sites for hydroxylation is 2. The molecule has 1 N–H and O–H groups in total. The van der Waals surface area contributed by atoms with E-state index in [9.17, 15) is 14.4 Å². The van der Waals surface area contributed by atoms with Crippen molar-refractivity contribution < 1.29 is 18.8 Å². The topological polar surface area (TPSA) is 113 Å². The molecule has 3 aromatic heterocycles. The lowest BCUT2D eigenvalue weighted by Gasteiger charge is -2.36. The van der Waals surface area contributed by atoms with Gasteiger partial charge in [0.1, 0.15) is 18.0 Å². The molecule has 0 bridgehead atoms. The van der Waals surface area contributed by atoms with Gasteiger partial charge in [-0.15, -0.1) is 0 Å². The number of hydrogen-bond donors (Lipinski definition) is 1. The number of nitrogens with one attached hydrogen (secondary N) is 1. The average molecular weight is 685 g/mol. The standard InChI is InChI=1S/C37H48N6O5Si/c1-25(44)47-24-29-28(12-10-14-32(29)43-18-17-42-31-13-9-8-11-26(31)22-33(42)36(43)46)27-21-30(35(45)40(5)23-27)38-34-15-16-41(39-34)19-20-48-49(6,7)37(2,3)4/h10,12,14-16,21-23H,8-9,11,13,17-20,24H2,1-7H3,(H,38,39). The number of hydrogen-bond acceptors (Lipinski definition) is 7. The van der Waals surface area contributed by atoms with E-state index in [0.29, 0.717) is 54.7 Å². The van der Waals surface area contributed by atoms with Gasteiger partial charge in [0.15, 0.2) is 14.1 Å². The zero-order valence-electron chi connectivity index (χ0n) is 29.8. The minimum Gasteiger partial charge on any atom is -0.461 e. The van der Waals surface area contributed by atoms with E-state index >= 15 is 0 Å². The number of aromatic nitrogens is 4. The first-order valence-corrected chi connectivity index (χ1v) is 20.1. The van der Waals surface area contributed by atoms with Crippen molar-refractivity contribution >= 4 is 37.4 Å². The number of carbonyl (C=O) groups excluding carboxylic acids is 2. The quantitative estimate of drug-likeness (QED) is 0.152. The molecule has 12 heteroatoms. The molecule has 0 spiro atoms. The summed E-state index contributed by atoms with van der Waals surface area (Å²) in [6.07, 6.45) is 7.93. The summed E-state index contributed by atoms with van der Waals surface area (Å²) in [6, 6.07) is 11.4. The SMILES string of the molecule is CC(=O)OCc1c(-c2cc(Nc3ccn(CCO[Si](C)(C)C(C)(C)C)n3)c(=O)n(C)c2)cccc1N1CCn2c(cc3c2CCCC3)C1=O. The van der Waals surface area contributed by atoms with Crippen molar-refractivity contribution in [2.75, 3.05) is 23.4 Å². The van der Waals surface area contributed by atoms with Gasteiger partial charge in [-0.3, -0.25) is 19.1 Å². The fourth-order valence-electron chi connectivity index (χ4n) is 6.54. The molecular weight excluding hydrogens is 637 g/mol. The Morgan fingerprint density at radius 3 is 2.59 bits per heavy atom. The Hall–Kier alpha value is -4.42. The van der Waals surface area contributed by atoms with E-state index in [1.165, 1.54) is 22.7 Å². The summed E-state index contributed by atoms with van der Waals surface area (Å²) in [6.45, 7) is 14.8. The number of benzene rings is 1. The second-order valence-electron chi connectivity index (χ2n) is 14.7. The van der Waals surface area contributed by atoms with E-state index in [0.717, 1.165) is 36.8 Å². The monoisotopic (exact) mass is 684 g/mol. The summed E-state index contributed by atoms with van der Waals surface area (Å²) in [7, 11) is -0.169. The number of fused-ring (bicyclic) bond motifs is 3. The highest BCUT2D eigenvalue weighted by Crippen LogP contribution is 2.37. The van der Waals surface area contributed by atoms with E-state index in [2.05, 4.69) is 54.9 Å². The van der Waals surface area contributed by atoms with Gasteiger partial charge in [-0.2, -0.15) is 5.10 Å². The zero-order valence-corrected chi connectivity index (χ0v) is 30.8. The highest BCUT2D eigenvalue weighted by molar-refractivity contribution is 6.74. The van der Waals surface area contributed by atoms with Gasteiger partial charge in [0, 0.05) is 62.3 Å². The second kappa shape index (κ2) is 13.5. The molecule has 0 saturated heterocycles. The Morgan fingerprint density at radius 1 is 1.06 bits per heavy atom. The normalized spacial score (nSPS) is 14.8. The minimum absolute atomic E-state index is 0.0188. The third kappa shape index (κ3) is 7.02. The lowest BCUT2D eigenvalue weighted by Crippen LogP contribution is -2.41. The van der Waals surface area contributed by atoms with Crippen molar-refractivity contribution in [2.24, 2.45) is 7.05 Å². The highest BCUT2D eigenvalue weighted by atomic mass is 28.4. The van der Waals surface area contributed by atoms with Gasteiger partial charge in [0.25, 0.3) is 11.5 Å². The first-order chi connectivity index (χ1) is 23.2. The van der Waals surface area contributed by atoms with Crippen LogP contribution in [0.5, 0.6) is 0 Å². The first-order valence-electron chi connectivity index (χ1n) is 17.2. The molecule has 4 heterocycles. The van der Waals surface area contributed by atoms with Crippen LogP contribution in [0.1, 0.15) is 67.8 Å². The summed E-state index contributed by atoms with van der Waals surface area (Å²) in [5.74, 6) is 0.0652. The fraction of sp³-hybridized carbons (Fsp3) is 0.459. The molecule has 1 amide bonds. The molecule has 1 aromatic carbocycles. The van der Waals surface area contributed by atoms with Gasteiger partial charge in [0.05, 0.1) is 18.8 Å². The van der Waals surface area contributed by atoms with E-state index in [1.54, 1.807) is 24.2 Å². The summed E-state index contributed by atoms with van der Waals surface area (Å²) >= 11 is 0. The third-order valence-electron chi connectivity index (χ3n) is 10.3. The van der Waals surface area contributed by atoms with Gasteiger partial charge >= 0.3 is 5.97 Å². The Labute approximate surface area is 289 Å². The average Bonchev–Trinajstić information content (AvgIpc) is 3.66. The number of amides is 1. The van der Waals surface area contributed by atoms with Crippen molar-refractivity contribution in [1.82, 2.24) is 18.9 Å². The lowest BCUT2D eigenvalue weighted by atomic mass is 9.98. The highest BCUT2D eigenvalue weighted by Gasteiger charge is 2.37. The van der Waals surface area contributed by atoms with Crippen LogP contribution < -0.4 is 15.8 Å². The molecule has 0 radical (unpaired) electrons. The molecule has 0 fully saturated rings. The lowest BCUT2D eigenvalue weighted by molar-refractivity contribution is -0.142. The van der Waals surface area contributed by atoms with E-state index in [4.69, 9.17) is 9.16 Å². The van der Waals surface area contributed by atoms with Crippen molar-refractivity contribution in [1.29, 1.82) is 0 Å². The molecule has 11 nitrogen and oxygen atoms in total. The number of nitrogens with zero attached hydrogens (tertiary/aromatic N) is 5. The van der Waals surface area contributed by atoms with Crippen LogP contribution in [0.2, 0.25) is 18.1 Å². The molecule has 0 unspecified atom stereocenters. The molecular formula is C37H48N6O5Si. The minimum atomic E-state index is -1.87. The van der Waals surface area contributed by atoms with Crippen LogP contribution in [-0.2, 0) is 53.5 Å². The number of pyridine rings is 1. The van der Waals surface area contributed by atoms with Crippen molar-refractivity contribution in [3.05, 3.63) is 81.7 Å². The third-order valence-corrected chi connectivity index (χ3v) is 14.8. The molecule has 0 atom stereocenters. The first kappa shape index (κ1) is 34.4. The Balaban J connectivity index is 1.29. The summed E-state index contributed by atoms with van der Waals surface area (Å²) in [4.78, 5) is 41.2. The zero-order chi connectivity index (χ0) is 35.1. The maximum absolute atomic E-state index is 14.0. The van der Waals surface area contributed by atoms with Gasteiger partial charge < -0.3 is 28.5 Å². The number of rotatable bonds is 10. The van der Waals surface area contributed by atoms with Crippen LogP contribution in [0.15, 0.2) is 53.6 Å². The van der Waals surface area contributed by atoms with Crippen LogP contribution in [0.3, 0.4) is 0 Å². The smallest absolute Gasteiger partial charge is 0.302 e. The van der Waals surface area contributed by atoms with Gasteiger partial charge in [-0.1, -0.05) is 32.9 Å². The maximum Gasteiger partial charge on any atom is 0.302 e. The fourth-order valence-corrected chi connectivity index (χ4v) is 7.58. The predicted molar refractivity (Wildman–Crippen MR) is 194 cm³/mol. The number of ether oxygens (including phenoxy) is 1. The van der Waals surface area contributed by atoms with Crippen LogP contribution in [-0.4, -0.2) is 52.3 Å². The second-order valence-corrected chi connectivity index (χ2v) is 19.5. The van der Waals surface area contributed by atoms with Crippen molar-refractivity contribution in [3.63, 3.8) is 0 Å².